The summed E-state index contributed by atoms with van der Waals surface area (Å²) < 4.78 is 49.1. The Morgan fingerprint density at radius 2 is 2.00 bits per heavy atom. The summed E-state index contributed by atoms with van der Waals surface area (Å²) in [5, 5.41) is 13.3. The molecule has 4 aromatic rings. The number of ether oxygens (including phenoxy) is 1. The molecular weight excluding hydrogens is 413 g/mol. The van der Waals surface area contributed by atoms with Crippen molar-refractivity contribution in [1.29, 1.82) is 0 Å². The number of benzene rings is 2. The molecule has 0 aliphatic rings. The summed E-state index contributed by atoms with van der Waals surface area (Å²) in [6.45, 7) is 0.0912. The smallest absolute Gasteiger partial charge is 0.261 e. The maximum Gasteiger partial charge on any atom is 0.261 e. The fourth-order valence-corrected chi connectivity index (χ4v) is 3.34. The highest BCUT2D eigenvalue weighted by atomic mass is 32.2. The van der Waals surface area contributed by atoms with Gasteiger partial charge >= 0.3 is 0 Å². The zero-order chi connectivity index (χ0) is 21.3. The largest absolute Gasteiger partial charge is 0.487 e. The van der Waals surface area contributed by atoms with Crippen molar-refractivity contribution in [2.24, 2.45) is 12.2 Å². The number of nitrogens with zero attached hydrogens (tertiary/aromatic N) is 4. The number of aromatic nitrogens is 4. The molecule has 154 valence electrons. The second kappa shape index (κ2) is 7.69. The molecular formula is C19H16FN5O4S. The van der Waals surface area contributed by atoms with E-state index in [1.54, 1.807) is 36.1 Å². The van der Waals surface area contributed by atoms with Gasteiger partial charge in [0.1, 0.15) is 18.2 Å². The summed E-state index contributed by atoms with van der Waals surface area (Å²) in [5.74, 6) is 0.336. The molecule has 0 bridgehead atoms. The second-order valence-electron chi connectivity index (χ2n) is 6.37. The van der Waals surface area contributed by atoms with Crippen LogP contribution in [0.15, 0.2) is 64.1 Å². The van der Waals surface area contributed by atoms with E-state index >= 15 is 0 Å². The molecule has 0 radical (unpaired) electrons. The fourth-order valence-electron chi connectivity index (χ4n) is 2.78. The van der Waals surface area contributed by atoms with Gasteiger partial charge in [0.05, 0.1) is 22.3 Å². The van der Waals surface area contributed by atoms with Crippen LogP contribution in [-0.4, -0.2) is 28.3 Å². The predicted octanol–water partition coefficient (Wildman–Crippen LogP) is 2.50. The van der Waals surface area contributed by atoms with Crippen molar-refractivity contribution in [3.63, 3.8) is 0 Å². The highest BCUT2D eigenvalue weighted by Crippen LogP contribution is 2.27. The van der Waals surface area contributed by atoms with Crippen LogP contribution in [0.25, 0.3) is 22.8 Å². The molecule has 0 atom stereocenters. The third-order valence-corrected chi connectivity index (χ3v) is 5.22. The maximum absolute atomic E-state index is 13.3. The van der Waals surface area contributed by atoms with E-state index in [0.29, 0.717) is 22.6 Å². The Balaban J connectivity index is 1.62. The number of aryl methyl sites for hydroxylation is 1. The first-order valence-electron chi connectivity index (χ1n) is 8.68. The first kappa shape index (κ1) is 19.7. The van der Waals surface area contributed by atoms with E-state index in [2.05, 4.69) is 15.2 Å². The number of sulfonamides is 1. The molecule has 2 N–H and O–H groups in total. The quantitative estimate of drug-likeness (QED) is 0.499. The van der Waals surface area contributed by atoms with Gasteiger partial charge in [-0.25, -0.2) is 17.9 Å². The zero-order valence-electron chi connectivity index (χ0n) is 15.7. The molecule has 2 aromatic carbocycles. The molecule has 0 amide bonds. The number of nitrogens with two attached hydrogens (primary N) is 1. The first-order chi connectivity index (χ1) is 14.3. The Kier molecular flexibility index (Phi) is 5.06. The van der Waals surface area contributed by atoms with Gasteiger partial charge < -0.3 is 9.26 Å². The lowest BCUT2D eigenvalue weighted by Crippen LogP contribution is -2.11. The van der Waals surface area contributed by atoms with Crippen molar-refractivity contribution in [1.82, 2.24) is 19.9 Å². The average Bonchev–Trinajstić information content (AvgIpc) is 3.33. The average molecular weight is 429 g/mol. The van der Waals surface area contributed by atoms with Crippen molar-refractivity contribution in [2.45, 2.75) is 11.5 Å². The Labute approximate surface area is 171 Å². The van der Waals surface area contributed by atoms with Crippen LogP contribution in [0.5, 0.6) is 5.75 Å². The van der Waals surface area contributed by atoms with E-state index in [9.17, 15) is 12.8 Å². The van der Waals surface area contributed by atoms with Gasteiger partial charge in [0.15, 0.2) is 0 Å². The molecule has 0 spiro atoms. The Morgan fingerprint density at radius 3 is 2.77 bits per heavy atom. The SMILES string of the molecule is Cn1ncc(-c2nc(-c3cccc(S(N)(=O)=O)c3)no2)c1COc1cccc(F)c1. The van der Waals surface area contributed by atoms with Gasteiger partial charge in [0.2, 0.25) is 15.8 Å². The predicted molar refractivity (Wildman–Crippen MR) is 104 cm³/mol. The van der Waals surface area contributed by atoms with Crippen LogP contribution in [0.1, 0.15) is 5.69 Å². The van der Waals surface area contributed by atoms with E-state index in [-0.39, 0.29) is 23.2 Å². The molecule has 0 aliphatic carbocycles. The van der Waals surface area contributed by atoms with Crippen LogP contribution in [0.2, 0.25) is 0 Å². The number of halogens is 1. The summed E-state index contributed by atoms with van der Waals surface area (Å²) in [6.07, 6.45) is 1.54. The molecule has 0 fully saturated rings. The summed E-state index contributed by atoms with van der Waals surface area (Å²) in [4.78, 5) is 4.28. The molecule has 0 unspecified atom stereocenters. The van der Waals surface area contributed by atoms with Crippen LogP contribution < -0.4 is 9.88 Å². The van der Waals surface area contributed by atoms with Gasteiger partial charge in [-0.3, -0.25) is 4.68 Å². The monoisotopic (exact) mass is 429 g/mol. The maximum atomic E-state index is 13.3. The van der Waals surface area contributed by atoms with E-state index in [1.807, 2.05) is 0 Å². The molecule has 9 nitrogen and oxygen atoms in total. The minimum atomic E-state index is -3.86. The molecule has 2 aromatic heterocycles. The molecule has 11 heteroatoms. The van der Waals surface area contributed by atoms with Gasteiger partial charge in [0.25, 0.3) is 5.89 Å². The van der Waals surface area contributed by atoms with Gasteiger partial charge in [-0.2, -0.15) is 10.1 Å². The van der Waals surface area contributed by atoms with Gasteiger partial charge in [0, 0.05) is 18.7 Å². The number of primary sulfonamides is 1. The number of hydrogen-bond acceptors (Lipinski definition) is 7. The topological polar surface area (TPSA) is 126 Å². The third kappa shape index (κ3) is 4.07. The van der Waals surface area contributed by atoms with Gasteiger partial charge in [-0.1, -0.05) is 23.4 Å². The molecule has 4 rings (SSSR count). The normalized spacial score (nSPS) is 11.6. The second-order valence-corrected chi connectivity index (χ2v) is 7.93. The summed E-state index contributed by atoms with van der Waals surface area (Å²) in [7, 11) is -2.14. The lowest BCUT2D eigenvalue weighted by molar-refractivity contribution is 0.293. The summed E-state index contributed by atoms with van der Waals surface area (Å²) >= 11 is 0. The fraction of sp³-hybridized carbons (Fsp3) is 0.105. The summed E-state index contributed by atoms with van der Waals surface area (Å²) in [6, 6.07) is 11.7. The molecule has 0 saturated carbocycles. The van der Waals surface area contributed by atoms with Crippen LogP contribution in [0.4, 0.5) is 4.39 Å². The number of rotatable bonds is 6. The number of hydrogen-bond donors (Lipinski definition) is 1. The van der Waals surface area contributed by atoms with Crippen LogP contribution in [0, 0.1) is 5.82 Å². The Morgan fingerprint density at radius 1 is 1.20 bits per heavy atom. The highest BCUT2D eigenvalue weighted by molar-refractivity contribution is 7.89. The van der Waals surface area contributed by atoms with E-state index in [0.717, 1.165) is 0 Å². The molecule has 0 saturated heterocycles. The van der Waals surface area contributed by atoms with Gasteiger partial charge in [-0.15, -0.1) is 0 Å². The Bertz CT molecular complexity index is 1320. The highest BCUT2D eigenvalue weighted by Gasteiger charge is 2.19. The third-order valence-electron chi connectivity index (χ3n) is 4.31. The lowest BCUT2D eigenvalue weighted by Gasteiger charge is -2.07. The lowest BCUT2D eigenvalue weighted by atomic mass is 10.2. The van der Waals surface area contributed by atoms with Gasteiger partial charge in [-0.05, 0) is 24.3 Å². The zero-order valence-corrected chi connectivity index (χ0v) is 16.5. The summed E-state index contributed by atoms with van der Waals surface area (Å²) in [5.41, 5.74) is 1.60. The van der Waals surface area contributed by atoms with E-state index in [4.69, 9.17) is 14.4 Å². The first-order valence-corrected chi connectivity index (χ1v) is 10.2. The molecule has 2 heterocycles. The molecule has 30 heavy (non-hydrogen) atoms. The van der Waals surface area contributed by atoms with Crippen molar-refractivity contribution < 1.29 is 22.1 Å². The minimum Gasteiger partial charge on any atom is -0.487 e. The van der Waals surface area contributed by atoms with Crippen molar-refractivity contribution >= 4 is 10.0 Å². The van der Waals surface area contributed by atoms with Crippen molar-refractivity contribution in [3.05, 3.63) is 66.2 Å². The van der Waals surface area contributed by atoms with E-state index < -0.39 is 15.8 Å². The minimum absolute atomic E-state index is 0.0584. The van der Waals surface area contributed by atoms with E-state index in [1.165, 1.54) is 30.3 Å². The van der Waals surface area contributed by atoms with Crippen molar-refractivity contribution in [3.8, 4) is 28.6 Å². The van der Waals surface area contributed by atoms with Crippen molar-refractivity contribution in [2.75, 3.05) is 0 Å². The Hall–Kier alpha value is -3.57. The van der Waals surface area contributed by atoms with Crippen LogP contribution in [-0.2, 0) is 23.7 Å². The van der Waals surface area contributed by atoms with Crippen LogP contribution >= 0.6 is 0 Å². The molecule has 0 aliphatic heterocycles. The standard InChI is InChI=1S/C19H16FN5O4S/c1-25-17(11-28-14-6-3-5-13(20)9-14)16(10-22-25)19-23-18(24-29-19)12-4-2-7-15(8-12)30(21,26)27/h2-10H,11H2,1H3,(H2,21,26,27). The van der Waals surface area contributed by atoms with Crippen LogP contribution in [0.3, 0.4) is 0 Å².